The number of amides is 2. The second kappa shape index (κ2) is 9.57. The fourth-order valence-corrected chi connectivity index (χ4v) is 5.02. The first kappa shape index (κ1) is 25.4. The lowest BCUT2D eigenvalue weighted by atomic mass is 9.96. The number of halogens is 5. The highest BCUT2D eigenvalue weighted by Crippen LogP contribution is 2.37. The Bertz CT molecular complexity index is 1370. The number of aromatic nitrogens is 2. The maximum Gasteiger partial charge on any atom is 0.409 e. The van der Waals surface area contributed by atoms with E-state index in [1.165, 1.54) is 22.9 Å². The van der Waals surface area contributed by atoms with E-state index in [4.69, 9.17) is 27.9 Å². The smallest absolute Gasteiger partial charge is 0.409 e. The Hall–Kier alpha value is -3.24. The van der Waals surface area contributed by atoms with E-state index >= 15 is 0 Å². The first-order chi connectivity index (χ1) is 17.6. The van der Waals surface area contributed by atoms with Gasteiger partial charge in [0.15, 0.2) is 0 Å². The number of carbonyl (C=O) groups excluding carboxylic acids is 2. The molecule has 2 aromatic carbocycles. The van der Waals surface area contributed by atoms with Gasteiger partial charge in [-0.3, -0.25) is 14.3 Å². The number of hydrogen-bond donors (Lipinski definition) is 0. The van der Waals surface area contributed by atoms with Crippen molar-refractivity contribution in [1.29, 1.82) is 0 Å². The molecule has 1 aromatic heterocycles. The fraction of sp³-hybridized carbons (Fsp3) is 0.320. The highest BCUT2D eigenvalue weighted by atomic mass is 35.5. The summed E-state index contributed by atoms with van der Waals surface area (Å²) in [6, 6.07) is 9.11. The zero-order chi connectivity index (χ0) is 26.5. The van der Waals surface area contributed by atoms with Crippen LogP contribution in [0.3, 0.4) is 0 Å². The van der Waals surface area contributed by atoms with Crippen molar-refractivity contribution < 1.29 is 27.5 Å². The molecule has 2 aliphatic heterocycles. The van der Waals surface area contributed by atoms with Crippen molar-refractivity contribution in [3.63, 3.8) is 0 Å². The molecule has 2 aliphatic rings. The fourth-order valence-electron chi connectivity index (χ4n) is 4.72. The van der Waals surface area contributed by atoms with E-state index in [-0.39, 0.29) is 32.9 Å². The summed E-state index contributed by atoms with van der Waals surface area (Å²) >= 11 is 11.9. The maximum absolute atomic E-state index is 14.1. The Balaban J connectivity index is 1.46. The van der Waals surface area contributed by atoms with Crippen LogP contribution in [0.5, 0.6) is 5.75 Å². The summed E-state index contributed by atoms with van der Waals surface area (Å²) < 4.78 is 48.8. The number of carbonyl (C=O) groups is 2. The predicted octanol–water partition coefficient (Wildman–Crippen LogP) is 4.98. The maximum atomic E-state index is 14.1. The van der Waals surface area contributed by atoms with E-state index in [1.807, 2.05) is 12.1 Å². The number of rotatable bonds is 4. The van der Waals surface area contributed by atoms with Crippen LogP contribution in [0.1, 0.15) is 37.7 Å². The summed E-state index contributed by atoms with van der Waals surface area (Å²) in [4.78, 5) is 29.1. The van der Waals surface area contributed by atoms with E-state index in [2.05, 4.69) is 5.10 Å². The van der Waals surface area contributed by atoms with Gasteiger partial charge in [-0.2, -0.15) is 18.3 Å². The van der Waals surface area contributed by atoms with Crippen molar-refractivity contribution >= 4 is 35.0 Å². The van der Waals surface area contributed by atoms with Gasteiger partial charge in [0.05, 0.1) is 35.9 Å². The number of hydrogen-bond acceptors (Lipinski definition) is 4. The van der Waals surface area contributed by atoms with Gasteiger partial charge >= 0.3 is 6.18 Å². The summed E-state index contributed by atoms with van der Waals surface area (Å²) in [5, 5.41) is 4.57. The van der Waals surface area contributed by atoms with Gasteiger partial charge in [-0.25, -0.2) is 0 Å². The largest absolute Gasteiger partial charge is 0.497 e. The number of benzene rings is 2. The Labute approximate surface area is 220 Å². The minimum absolute atomic E-state index is 0.0272. The van der Waals surface area contributed by atoms with E-state index in [1.54, 1.807) is 24.1 Å². The normalized spacial score (nSPS) is 17.5. The summed E-state index contributed by atoms with van der Waals surface area (Å²) in [5.74, 6) is -0.514. The summed E-state index contributed by atoms with van der Waals surface area (Å²) in [7, 11) is 1.56. The number of methoxy groups -OCH3 is 1. The van der Waals surface area contributed by atoms with Crippen LogP contribution >= 0.6 is 23.2 Å². The quantitative estimate of drug-likeness (QED) is 0.457. The van der Waals surface area contributed by atoms with Gasteiger partial charge in [-0.15, -0.1) is 0 Å². The molecule has 0 saturated carbocycles. The molecule has 7 nitrogen and oxygen atoms in total. The minimum Gasteiger partial charge on any atom is -0.497 e. The van der Waals surface area contributed by atoms with Gasteiger partial charge in [0.2, 0.25) is 0 Å². The van der Waals surface area contributed by atoms with Crippen LogP contribution in [0.25, 0.3) is 0 Å². The lowest BCUT2D eigenvalue weighted by Crippen LogP contribution is -2.52. The molecule has 3 heterocycles. The molecule has 1 atom stereocenters. The topological polar surface area (TPSA) is 67.7 Å². The minimum atomic E-state index is -4.70. The lowest BCUT2D eigenvalue weighted by Gasteiger charge is -2.37. The molecule has 0 unspecified atom stereocenters. The van der Waals surface area contributed by atoms with Crippen molar-refractivity contribution in [2.24, 2.45) is 0 Å². The predicted molar refractivity (Wildman–Crippen MR) is 130 cm³/mol. The molecule has 0 radical (unpaired) electrons. The summed E-state index contributed by atoms with van der Waals surface area (Å²) in [6.07, 6.45) is -5.24. The van der Waals surface area contributed by atoms with Crippen molar-refractivity contribution in [3.05, 3.63) is 80.6 Å². The number of nitrogens with zero attached hydrogens (tertiary/aromatic N) is 4. The van der Waals surface area contributed by atoms with Crippen molar-refractivity contribution in [1.82, 2.24) is 19.6 Å². The van der Waals surface area contributed by atoms with Crippen LogP contribution in [0, 0.1) is 0 Å². The Morgan fingerprint density at radius 1 is 1.11 bits per heavy atom. The standard InChI is InChI=1S/C25H21Cl2F3N4O3/c1-37-16-5-2-14(3-6-16)12-32-8-9-34-22(24(32)36)17-13-33(21(25(28,29)30)11-20(17)31-34)23(35)15-4-7-18(26)19(27)10-15/h2-7,10,21H,8-9,11-13H2,1H3/t21-/m0/s1. The Morgan fingerprint density at radius 3 is 2.49 bits per heavy atom. The highest BCUT2D eigenvalue weighted by Gasteiger charge is 2.50. The number of alkyl halides is 3. The summed E-state index contributed by atoms with van der Waals surface area (Å²) in [5.41, 5.74) is 1.57. The lowest BCUT2D eigenvalue weighted by molar-refractivity contribution is -0.179. The van der Waals surface area contributed by atoms with E-state index in [9.17, 15) is 22.8 Å². The van der Waals surface area contributed by atoms with Gasteiger partial charge in [0.1, 0.15) is 17.5 Å². The van der Waals surface area contributed by atoms with E-state index in [0.29, 0.717) is 30.9 Å². The first-order valence-corrected chi connectivity index (χ1v) is 12.2. The molecule has 12 heteroatoms. The molecule has 37 heavy (non-hydrogen) atoms. The first-order valence-electron chi connectivity index (χ1n) is 11.4. The third kappa shape index (κ3) is 4.75. The monoisotopic (exact) mass is 552 g/mol. The zero-order valence-electron chi connectivity index (χ0n) is 19.6. The van der Waals surface area contributed by atoms with Crippen molar-refractivity contribution in [3.8, 4) is 5.75 Å². The molecule has 0 saturated heterocycles. The molecular formula is C25H21Cl2F3N4O3. The number of fused-ring (bicyclic) bond motifs is 3. The van der Waals surface area contributed by atoms with E-state index in [0.717, 1.165) is 10.5 Å². The van der Waals surface area contributed by atoms with Gasteiger partial charge in [0, 0.05) is 30.6 Å². The van der Waals surface area contributed by atoms with Gasteiger partial charge in [-0.05, 0) is 35.9 Å². The van der Waals surface area contributed by atoms with Crippen molar-refractivity contribution in [2.45, 2.75) is 38.3 Å². The molecule has 0 bridgehead atoms. The number of ether oxygens (including phenoxy) is 1. The van der Waals surface area contributed by atoms with Crippen LogP contribution < -0.4 is 4.74 Å². The average molecular weight is 553 g/mol. The third-order valence-electron chi connectivity index (χ3n) is 6.63. The van der Waals surface area contributed by atoms with Crippen LogP contribution in [-0.2, 0) is 26.1 Å². The molecule has 0 spiro atoms. The molecule has 194 valence electrons. The van der Waals surface area contributed by atoms with Crippen LogP contribution in [-0.4, -0.2) is 57.3 Å². The SMILES string of the molecule is COc1ccc(CN2CCn3nc4c(c3C2=O)CN(C(=O)c2ccc(Cl)c(Cl)c2)[C@H](C(F)(F)F)C4)cc1. The second-order valence-corrected chi connectivity index (χ2v) is 9.71. The molecule has 5 rings (SSSR count). The van der Waals surface area contributed by atoms with Crippen LogP contribution in [0.4, 0.5) is 13.2 Å². The molecule has 3 aromatic rings. The molecule has 0 aliphatic carbocycles. The van der Waals surface area contributed by atoms with Crippen LogP contribution in [0.15, 0.2) is 42.5 Å². The zero-order valence-corrected chi connectivity index (χ0v) is 21.1. The Kier molecular flexibility index (Phi) is 6.57. The summed E-state index contributed by atoms with van der Waals surface area (Å²) in [6.45, 7) is 0.602. The molecule has 2 amide bonds. The second-order valence-electron chi connectivity index (χ2n) is 8.90. The van der Waals surface area contributed by atoms with E-state index < -0.39 is 31.1 Å². The average Bonchev–Trinajstić information content (AvgIpc) is 3.24. The van der Waals surface area contributed by atoms with Gasteiger partial charge in [-0.1, -0.05) is 35.3 Å². The van der Waals surface area contributed by atoms with Crippen LogP contribution in [0.2, 0.25) is 10.0 Å². The molecule has 0 N–H and O–H groups in total. The van der Waals surface area contributed by atoms with Gasteiger partial charge < -0.3 is 14.5 Å². The molecular weight excluding hydrogens is 532 g/mol. The molecule has 0 fully saturated rings. The highest BCUT2D eigenvalue weighted by molar-refractivity contribution is 6.42. The Morgan fingerprint density at radius 2 is 1.84 bits per heavy atom. The third-order valence-corrected chi connectivity index (χ3v) is 7.37. The van der Waals surface area contributed by atoms with Gasteiger partial charge in [0.25, 0.3) is 11.8 Å². The van der Waals surface area contributed by atoms with Crippen molar-refractivity contribution in [2.75, 3.05) is 13.7 Å².